The summed E-state index contributed by atoms with van der Waals surface area (Å²) in [6, 6.07) is -0.0116. The highest BCUT2D eigenvalue weighted by Gasteiger charge is 2.30. The Morgan fingerprint density at radius 2 is 2.47 bits per heavy atom. The van der Waals surface area contributed by atoms with E-state index in [-0.39, 0.29) is 24.7 Å². The molecule has 0 spiro atoms. The lowest BCUT2D eigenvalue weighted by atomic mass is 10.2. The van der Waals surface area contributed by atoms with Gasteiger partial charge in [-0.1, -0.05) is 0 Å². The normalized spacial score (nSPS) is 31.9. The van der Waals surface area contributed by atoms with Gasteiger partial charge in [0.25, 0.3) is 0 Å². The van der Waals surface area contributed by atoms with Crippen molar-refractivity contribution < 1.29 is 14.6 Å². The van der Waals surface area contributed by atoms with Gasteiger partial charge in [-0.05, 0) is 19.4 Å². The zero-order chi connectivity index (χ0) is 10.7. The van der Waals surface area contributed by atoms with Crippen LogP contribution >= 0.6 is 0 Å². The quantitative estimate of drug-likeness (QED) is 0.616. The molecule has 0 aliphatic carbocycles. The Balaban J connectivity index is 1.88. The van der Waals surface area contributed by atoms with E-state index in [1.807, 2.05) is 0 Å². The van der Waals surface area contributed by atoms with Crippen molar-refractivity contribution in [2.24, 2.45) is 0 Å². The number of aliphatic hydroxyl groups is 1. The summed E-state index contributed by atoms with van der Waals surface area (Å²) < 4.78 is 5.31. The number of rotatable bonds is 2. The summed E-state index contributed by atoms with van der Waals surface area (Å²) in [7, 11) is 0. The summed E-state index contributed by atoms with van der Waals surface area (Å²) in [4.78, 5) is 13.8. The summed E-state index contributed by atoms with van der Waals surface area (Å²) in [5, 5.41) is 12.2. The maximum absolute atomic E-state index is 12.0. The van der Waals surface area contributed by atoms with Crippen molar-refractivity contribution in [1.82, 2.24) is 10.2 Å². The minimum Gasteiger partial charge on any atom is -0.394 e. The van der Waals surface area contributed by atoms with Gasteiger partial charge in [-0.3, -0.25) is 4.79 Å². The van der Waals surface area contributed by atoms with E-state index in [1.54, 1.807) is 4.90 Å². The van der Waals surface area contributed by atoms with Crippen molar-refractivity contribution in [3.8, 4) is 0 Å². The molecule has 0 radical (unpaired) electrons. The number of amides is 1. The van der Waals surface area contributed by atoms with Crippen LogP contribution in [-0.2, 0) is 9.53 Å². The molecule has 0 aromatic carbocycles. The van der Waals surface area contributed by atoms with Gasteiger partial charge in [-0.25, -0.2) is 0 Å². The van der Waals surface area contributed by atoms with Crippen LogP contribution in [0.1, 0.15) is 12.8 Å². The first-order chi connectivity index (χ1) is 7.31. The molecule has 1 unspecified atom stereocenters. The highest BCUT2D eigenvalue weighted by atomic mass is 16.5. The van der Waals surface area contributed by atoms with Gasteiger partial charge in [0.1, 0.15) is 0 Å². The zero-order valence-electron chi connectivity index (χ0n) is 8.82. The minimum absolute atomic E-state index is 0.0116. The Labute approximate surface area is 89.4 Å². The molecule has 0 saturated carbocycles. The number of nitrogens with zero attached hydrogens (tertiary/aromatic N) is 1. The molecule has 5 heteroatoms. The van der Waals surface area contributed by atoms with Gasteiger partial charge in [-0.15, -0.1) is 0 Å². The van der Waals surface area contributed by atoms with Gasteiger partial charge >= 0.3 is 0 Å². The smallest absolute Gasteiger partial charge is 0.239 e. The van der Waals surface area contributed by atoms with Crippen LogP contribution in [0.25, 0.3) is 0 Å². The fraction of sp³-hybridized carbons (Fsp3) is 0.900. The fourth-order valence-electron chi connectivity index (χ4n) is 2.15. The number of morpholine rings is 1. The number of hydrogen-bond donors (Lipinski definition) is 2. The molecule has 86 valence electrons. The molecule has 1 amide bonds. The second-order valence-electron chi connectivity index (χ2n) is 4.11. The van der Waals surface area contributed by atoms with Crippen LogP contribution in [0.5, 0.6) is 0 Å². The Morgan fingerprint density at radius 3 is 3.13 bits per heavy atom. The van der Waals surface area contributed by atoms with Gasteiger partial charge in [0.2, 0.25) is 5.91 Å². The summed E-state index contributed by atoms with van der Waals surface area (Å²) in [6.45, 7) is 2.62. The fourth-order valence-corrected chi connectivity index (χ4v) is 2.15. The second-order valence-corrected chi connectivity index (χ2v) is 4.11. The molecule has 2 rings (SSSR count). The topological polar surface area (TPSA) is 61.8 Å². The Hall–Kier alpha value is -0.650. The van der Waals surface area contributed by atoms with Crippen molar-refractivity contribution in [2.75, 3.05) is 32.8 Å². The third-order valence-corrected chi connectivity index (χ3v) is 3.01. The molecular weight excluding hydrogens is 196 g/mol. The predicted octanol–water partition coefficient (Wildman–Crippen LogP) is -1.04. The highest BCUT2D eigenvalue weighted by Crippen LogP contribution is 2.12. The van der Waals surface area contributed by atoms with Crippen molar-refractivity contribution in [3.63, 3.8) is 0 Å². The SMILES string of the molecule is O=C([C@@H]1CCCN1)N1CCOC(CO)C1. The van der Waals surface area contributed by atoms with E-state index in [4.69, 9.17) is 9.84 Å². The van der Waals surface area contributed by atoms with E-state index < -0.39 is 0 Å². The van der Waals surface area contributed by atoms with Crippen LogP contribution < -0.4 is 5.32 Å². The lowest BCUT2D eigenvalue weighted by molar-refractivity contribution is -0.142. The number of nitrogens with one attached hydrogen (secondary N) is 1. The number of hydrogen-bond acceptors (Lipinski definition) is 4. The monoisotopic (exact) mass is 214 g/mol. The van der Waals surface area contributed by atoms with Gasteiger partial charge in [0.15, 0.2) is 0 Å². The average molecular weight is 214 g/mol. The third-order valence-electron chi connectivity index (χ3n) is 3.01. The van der Waals surface area contributed by atoms with E-state index in [2.05, 4.69) is 5.32 Å². The molecule has 2 fully saturated rings. The molecular formula is C10H18N2O3. The van der Waals surface area contributed by atoms with Crippen LogP contribution in [0.3, 0.4) is 0 Å². The van der Waals surface area contributed by atoms with Crippen molar-refractivity contribution in [2.45, 2.75) is 25.0 Å². The van der Waals surface area contributed by atoms with Gasteiger partial charge < -0.3 is 20.1 Å². The number of carbonyl (C=O) groups excluding carboxylic acids is 1. The van der Waals surface area contributed by atoms with E-state index >= 15 is 0 Å². The molecule has 2 aliphatic rings. The molecule has 2 saturated heterocycles. The standard InChI is InChI=1S/C10H18N2O3/c13-7-8-6-12(4-5-15-8)10(14)9-2-1-3-11-9/h8-9,11,13H,1-7H2/t8?,9-/m0/s1. The van der Waals surface area contributed by atoms with E-state index in [1.165, 1.54) is 0 Å². The number of ether oxygens (including phenoxy) is 1. The second kappa shape index (κ2) is 4.92. The largest absolute Gasteiger partial charge is 0.394 e. The molecule has 2 N–H and O–H groups in total. The lowest BCUT2D eigenvalue weighted by Crippen LogP contribution is -2.52. The molecule has 15 heavy (non-hydrogen) atoms. The highest BCUT2D eigenvalue weighted by molar-refractivity contribution is 5.82. The molecule has 0 bridgehead atoms. The summed E-state index contributed by atoms with van der Waals surface area (Å²) >= 11 is 0. The maximum atomic E-state index is 12.0. The van der Waals surface area contributed by atoms with E-state index in [9.17, 15) is 4.79 Å². The van der Waals surface area contributed by atoms with Gasteiger partial charge in [0, 0.05) is 13.1 Å². The number of carbonyl (C=O) groups is 1. The lowest BCUT2D eigenvalue weighted by Gasteiger charge is -2.33. The maximum Gasteiger partial charge on any atom is 0.239 e. The van der Waals surface area contributed by atoms with E-state index in [0.29, 0.717) is 19.7 Å². The first-order valence-corrected chi connectivity index (χ1v) is 5.56. The Bertz CT molecular complexity index is 229. The van der Waals surface area contributed by atoms with Gasteiger partial charge in [-0.2, -0.15) is 0 Å². The number of aliphatic hydroxyl groups excluding tert-OH is 1. The van der Waals surface area contributed by atoms with Crippen molar-refractivity contribution in [1.29, 1.82) is 0 Å². The molecule has 0 aromatic heterocycles. The van der Waals surface area contributed by atoms with Crippen LogP contribution in [0.2, 0.25) is 0 Å². The van der Waals surface area contributed by atoms with Gasteiger partial charge in [0.05, 0.1) is 25.4 Å². The van der Waals surface area contributed by atoms with Crippen LogP contribution in [0, 0.1) is 0 Å². The molecule has 2 aliphatic heterocycles. The first kappa shape index (κ1) is 10.9. The average Bonchev–Trinajstić information content (AvgIpc) is 2.81. The van der Waals surface area contributed by atoms with Crippen LogP contribution in [0.15, 0.2) is 0 Å². The summed E-state index contributed by atoms with van der Waals surface area (Å²) in [6.07, 6.45) is 1.80. The summed E-state index contributed by atoms with van der Waals surface area (Å²) in [5.74, 6) is 0.161. The molecule has 2 atom stereocenters. The molecule has 0 aromatic rings. The summed E-state index contributed by atoms with van der Waals surface area (Å²) in [5.41, 5.74) is 0. The van der Waals surface area contributed by atoms with Crippen LogP contribution in [0.4, 0.5) is 0 Å². The molecule has 5 nitrogen and oxygen atoms in total. The zero-order valence-corrected chi connectivity index (χ0v) is 8.82. The minimum atomic E-state index is -0.205. The Kier molecular flexibility index (Phi) is 3.56. The Morgan fingerprint density at radius 1 is 1.60 bits per heavy atom. The molecule has 2 heterocycles. The predicted molar refractivity (Wildman–Crippen MR) is 54.4 cm³/mol. The van der Waals surface area contributed by atoms with E-state index in [0.717, 1.165) is 19.4 Å². The van der Waals surface area contributed by atoms with Crippen molar-refractivity contribution in [3.05, 3.63) is 0 Å². The van der Waals surface area contributed by atoms with Crippen molar-refractivity contribution >= 4 is 5.91 Å². The third kappa shape index (κ3) is 2.48. The first-order valence-electron chi connectivity index (χ1n) is 5.56. The van der Waals surface area contributed by atoms with Crippen LogP contribution in [-0.4, -0.2) is 60.9 Å².